The van der Waals surface area contributed by atoms with Crippen molar-refractivity contribution in [1.82, 2.24) is 15.2 Å². The number of benzene rings is 1. The smallest absolute Gasteiger partial charge is 0.318 e. The summed E-state index contributed by atoms with van der Waals surface area (Å²) in [5, 5.41) is 4.14. The van der Waals surface area contributed by atoms with E-state index in [0.717, 1.165) is 47.7 Å². The summed E-state index contributed by atoms with van der Waals surface area (Å²) in [6, 6.07) is 9.71. The Morgan fingerprint density at radius 2 is 1.97 bits per heavy atom. The molecule has 6 nitrogen and oxygen atoms in total. The number of nitrogens with zero attached hydrogens (tertiary/aromatic N) is 1. The van der Waals surface area contributed by atoms with E-state index < -0.39 is 0 Å². The molecule has 4 rings (SSSR count). The van der Waals surface area contributed by atoms with E-state index in [2.05, 4.69) is 22.4 Å². The summed E-state index contributed by atoms with van der Waals surface area (Å²) in [7, 11) is 0. The lowest BCUT2D eigenvalue weighted by molar-refractivity contribution is 0.179. The van der Waals surface area contributed by atoms with Crippen molar-refractivity contribution in [3.8, 4) is 0 Å². The molecule has 1 fully saturated rings. The van der Waals surface area contributed by atoms with Crippen LogP contribution in [0.5, 0.6) is 0 Å². The minimum absolute atomic E-state index is 0.154. The highest BCUT2D eigenvalue weighted by atomic mass is 16.3. The number of nitrogens with one attached hydrogen (secondary N) is 2. The fourth-order valence-electron chi connectivity index (χ4n) is 4.36. The second kappa shape index (κ2) is 8.78. The summed E-state index contributed by atoms with van der Waals surface area (Å²) in [6.07, 6.45) is 7.14. The molecule has 6 heteroatoms. The average molecular weight is 408 g/mol. The topological polar surface area (TPSA) is 78.3 Å². The van der Waals surface area contributed by atoms with Crippen molar-refractivity contribution >= 4 is 16.9 Å². The molecule has 1 aliphatic rings. The van der Waals surface area contributed by atoms with Gasteiger partial charge in [0.05, 0.1) is 24.9 Å². The van der Waals surface area contributed by atoms with E-state index in [-0.39, 0.29) is 24.2 Å². The summed E-state index contributed by atoms with van der Waals surface area (Å²) < 4.78 is 5.47. The number of hydrogen-bond donors (Lipinski definition) is 2. The Labute approximate surface area is 176 Å². The number of aromatic nitrogens is 1. The molecule has 2 N–H and O–H groups in total. The van der Waals surface area contributed by atoms with Gasteiger partial charge >= 0.3 is 6.03 Å². The predicted molar refractivity (Wildman–Crippen MR) is 117 cm³/mol. The highest BCUT2D eigenvalue weighted by molar-refractivity contribution is 5.83. The summed E-state index contributed by atoms with van der Waals surface area (Å²) in [5.74, 6) is 0.692. The number of hydrogen-bond acceptors (Lipinski definition) is 3. The van der Waals surface area contributed by atoms with Crippen LogP contribution in [-0.4, -0.2) is 22.0 Å². The molecule has 1 saturated carbocycles. The molecule has 2 heterocycles. The zero-order valence-electron chi connectivity index (χ0n) is 17.7. The van der Waals surface area contributed by atoms with Crippen molar-refractivity contribution in [2.24, 2.45) is 0 Å². The van der Waals surface area contributed by atoms with Crippen molar-refractivity contribution < 1.29 is 9.21 Å². The van der Waals surface area contributed by atoms with Crippen LogP contribution in [0.2, 0.25) is 0 Å². The zero-order valence-corrected chi connectivity index (χ0v) is 17.7. The average Bonchev–Trinajstić information content (AvgIpc) is 3.22. The Bertz CT molecular complexity index is 1080. The molecule has 0 spiro atoms. The standard InChI is InChI=1S/C24H29N3O3/c1-16-11-17(2)22-18(12-16)13-19(23(28)26-22)14-27(15-21-9-6-10-30-21)24(29)25-20-7-4-3-5-8-20/h6,9-13,20H,3-5,7-8,14-15H2,1-2H3,(H,25,29)(H,26,28). The van der Waals surface area contributed by atoms with Crippen LogP contribution in [0.1, 0.15) is 54.6 Å². The van der Waals surface area contributed by atoms with Crippen molar-refractivity contribution in [3.63, 3.8) is 0 Å². The number of furan rings is 1. The normalized spacial score (nSPS) is 14.7. The Morgan fingerprint density at radius 1 is 1.17 bits per heavy atom. The molecule has 30 heavy (non-hydrogen) atoms. The first-order valence-corrected chi connectivity index (χ1v) is 10.7. The molecule has 0 saturated heterocycles. The number of H-pyrrole nitrogens is 1. The Hall–Kier alpha value is -3.02. The van der Waals surface area contributed by atoms with Gasteiger partial charge in [-0.05, 0) is 61.9 Å². The summed E-state index contributed by atoms with van der Waals surface area (Å²) in [6.45, 7) is 4.57. The number of carbonyl (C=O) groups excluding carboxylic acids is 1. The second-order valence-electron chi connectivity index (χ2n) is 8.39. The highest BCUT2D eigenvalue weighted by Crippen LogP contribution is 2.20. The monoisotopic (exact) mass is 407 g/mol. The van der Waals surface area contributed by atoms with Gasteiger partial charge < -0.3 is 19.6 Å². The van der Waals surface area contributed by atoms with Crippen molar-refractivity contribution in [2.45, 2.75) is 65.1 Å². The fourth-order valence-corrected chi connectivity index (χ4v) is 4.36. The molecular formula is C24H29N3O3. The lowest BCUT2D eigenvalue weighted by Crippen LogP contribution is -2.45. The van der Waals surface area contributed by atoms with Crippen LogP contribution in [0.4, 0.5) is 4.79 Å². The van der Waals surface area contributed by atoms with E-state index in [4.69, 9.17) is 4.42 Å². The highest BCUT2D eigenvalue weighted by Gasteiger charge is 2.22. The van der Waals surface area contributed by atoms with Gasteiger partial charge in [-0.15, -0.1) is 0 Å². The number of carbonyl (C=O) groups is 1. The Kier molecular flexibility index (Phi) is 5.93. The first-order valence-electron chi connectivity index (χ1n) is 10.7. The fraction of sp³-hybridized carbons (Fsp3) is 0.417. The van der Waals surface area contributed by atoms with Crippen LogP contribution in [-0.2, 0) is 13.1 Å². The van der Waals surface area contributed by atoms with Gasteiger partial charge in [-0.2, -0.15) is 0 Å². The van der Waals surface area contributed by atoms with Crippen LogP contribution in [0, 0.1) is 13.8 Å². The number of amides is 2. The van der Waals surface area contributed by atoms with Crippen molar-refractivity contribution in [1.29, 1.82) is 0 Å². The molecular weight excluding hydrogens is 378 g/mol. The van der Waals surface area contributed by atoms with Crippen molar-refractivity contribution in [2.75, 3.05) is 0 Å². The van der Waals surface area contributed by atoms with Crippen LogP contribution in [0.25, 0.3) is 10.9 Å². The van der Waals surface area contributed by atoms with Gasteiger partial charge in [0.1, 0.15) is 5.76 Å². The van der Waals surface area contributed by atoms with E-state index >= 15 is 0 Å². The van der Waals surface area contributed by atoms with Crippen LogP contribution in [0.3, 0.4) is 0 Å². The van der Waals surface area contributed by atoms with Gasteiger partial charge in [-0.3, -0.25) is 4.79 Å². The predicted octanol–water partition coefficient (Wildman–Crippen LogP) is 4.78. The minimum Gasteiger partial charge on any atom is -0.467 e. The summed E-state index contributed by atoms with van der Waals surface area (Å²) >= 11 is 0. The maximum Gasteiger partial charge on any atom is 0.318 e. The molecule has 0 bridgehead atoms. The number of rotatable bonds is 5. The quantitative estimate of drug-likeness (QED) is 0.639. The third-order valence-electron chi connectivity index (χ3n) is 5.88. The van der Waals surface area contributed by atoms with Crippen LogP contribution in [0.15, 0.2) is 45.8 Å². The van der Waals surface area contributed by atoms with Gasteiger partial charge in [0.25, 0.3) is 5.56 Å². The second-order valence-corrected chi connectivity index (χ2v) is 8.39. The molecule has 0 atom stereocenters. The molecule has 0 radical (unpaired) electrons. The van der Waals surface area contributed by atoms with E-state index in [1.165, 1.54) is 6.42 Å². The number of aromatic amines is 1. The third-order valence-corrected chi connectivity index (χ3v) is 5.88. The molecule has 1 aliphatic carbocycles. The number of urea groups is 1. The summed E-state index contributed by atoms with van der Waals surface area (Å²) in [4.78, 5) is 30.5. The maximum atomic E-state index is 13.1. The molecule has 0 aliphatic heterocycles. The molecule has 3 aromatic rings. The SMILES string of the molecule is Cc1cc(C)c2[nH]c(=O)c(CN(Cc3ccco3)C(=O)NC3CCCCC3)cc2c1. The minimum atomic E-state index is -0.163. The van der Waals surface area contributed by atoms with E-state index in [1.54, 1.807) is 17.2 Å². The van der Waals surface area contributed by atoms with Gasteiger partial charge in [0.2, 0.25) is 0 Å². The number of fused-ring (bicyclic) bond motifs is 1. The van der Waals surface area contributed by atoms with Gasteiger partial charge in [-0.1, -0.05) is 30.9 Å². The van der Waals surface area contributed by atoms with Crippen molar-refractivity contribution in [3.05, 3.63) is 69.4 Å². The largest absolute Gasteiger partial charge is 0.467 e. The number of aryl methyl sites for hydroxylation is 2. The first kappa shape index (κ1) is 20.3. The summed E-state index contributed by atoms with van der Waals surface area (Å²) in [5.41, 5.74) is 3.43. The zero-order chi connectivity index (χ0) is 21.1. The maximum absolute atomic E-state index is 13.1. The third kappa shape index (κ3) is 4.58. The lowest BCUT2D eigenvalue weighted by Gasteiger charge is -2.28. The Morgan fingerprint density at radius 3 is 2.70 bits per heavy atom. The van der Waals surface area contributed by atoms with E-state index in [1.807, 2.05) is 26.0 Å². The van der Waals surface area contributed by atoms with Gasteiger partial charge in [-0.25, -0.2) is 4.79 Å². The Balaban J connectivity index is 1.61. The molecule has 158 valence electrons. The lowest BCUT2D eigenvalue weighted by atomic mass is 9.96. The first-order chi connectivity index (χ1) is 14.5. The molecule has 1 aromatic carbocycles. The molecule has 2 aromatic heterocycles. The van der Waals surface area contributed by atoms with Gasteiger partial charge in [0.15, 0.2) is 0 Å². The molecule has 0 unspecified atom stereocenters. The van der Waals surface area contributed by atoms with E-state index in [0.29, 0.717) is 17.9 Å². The van der Waals surface area contributed by atoms with E-state index in [9.17, 15) is 9.59 Å². The van der Waals surface area contributed by atoms with Crippen LogP contribution >= 0.6 is 0 Å². The van der Waals surface area contributed by atoms with Gasteiger partial charge in [0, 0.05) is 11.6 Å². The molecule has 2 amide bonds. The number of pyridine rings is 1. The van der Waals surface area contributed by atoms with Crippen LogP contribution < -0.4 is 10.9 Å².